The van der Waals surface area contributed by atoms with Crippen LogP contribution in [0, 0.1) is 11.6 Å². The first-order chi connectivity index (χ1) is 21.0. The molecule has 1 amide bonds. The maximum atomic E-state index is 13.9. The summed E-state index contributed by atoms with van der Waals surface area (Å²) in [6, 6.07) is 9.81. The van der Waals surface area contributed by atoms with Gasteiger partial charge in [0.2, 0.25) is 5.88 Å². The molecule has 0 radical (unpaired) electrons. The lowest BCUT2D eigenvalue weighted by atomic mass is 9.92. The number of amides is 1. The Hall–Kier alpha value is -4.09. The summed E-state index contributed by atoms with van der Waals surface area (Å²) >= 11 is 0. The fourth-order valence-corrected chi connectivity index (χ4v) is 5.11. The molecule has 1 aliphatic heterocycles. The summed E-state index contributed by atoms with van der Waals surface area (Å²) < 4.78 is 49.4. The minimum Gasteiger partial charge on any atom is -0.481 e. The van der Waals surface area contributed by atoms with Crippen molar-refractivity contribution in [3.8, 4) is 5.88 Å². The number of carbonyl (C=O) groups is 2. The first kappa shape index (κ1) is 32.8. The maximum absolute atomic E-state index is 13.9. The molecule has 0 bridgehead atoms. The van der Waals surface area contributed by atoms with Crippen LogP contribution in [0.15, 0.2) is 48.5 Å². The lowest BCUT2D eigenvalue weighted by molar-refractivity contribution is -0.0258. The van der Waals surface area contributed by atoms with Gasteiger partial charge in [0.25, 0.3) is 0 Å². The number of benzene rings is 2. The summed E-state index contributed by atoms with van der Waals surface area (Å²) in [7, 11) is 2.84. The highest BCUT2D eigenvalue weighted by Gasteiger charge is 2.32. The third kappa shape index (κ3) is 8.73. The first-order valence-electron chi connectivity index (χ1n) is 14.5. The Morgan fingerprint density at radius 3 is 2.59 bits per heavy atom. The average molecular weight is 612 g/mol. The van der Waals surface area contributed by atoms with E-state index >= 15 is 0 Å². The number of halogens is 2. The maximum Gasteiger partial charge on any atom is 0.407 e. The molecule has 0 saturated carbocycles. The van der Waals surface area contributed by atoms with Crippen LogP contribution in [0.2, 0.25) is 0 Å². The van der Waals surface area contributed by atoms with E-state index in [9.17, 15) is 18.4 Å². The van der Waals surface area contributed by atoms with Crippen LogP contribution >= 0.6 is 0 Å². The third-order valence-electron chi connectivity index (χ3n) is 7.21. The van der Waals surface area contributed by atoms with Crippen molar-refractivity contribution >= 4 is 29.0 Å². The van der Waals surface area contributed by atoms with Gasteiger partial charge in [0.1, 0.15) is 17.2 Å². The summed E-state index contributed by atoms with van der Waals surface area (Å²) in [6.07, 6.45) is 4.12. The third-order valence-corrected chi connectivity index (χ3v) is 7.21. The SMILES string of the molecule is COC(=O)c1ccc(C[C@H](NC(=O)OC(C)(C)C)[C@H]2CC[C@H](NC/C=C/c3cc(F)ccc3F)CO2)c2nc(OC)ccc12. The van der Waals surface area contributed by atoms with Gasteiger partial charge >= 0.3 is 12.1 Å². The molecular formula is C33H39F2N3O6. The molecule has 9 nitrogen and oxygen atoms in total. The van der Waals surface area contributed by atoms with Crippen molar-refractivity contribution in [3.63, 3.8) is 0 Å². The molecule has 1 aliphatic rings. The smallest absolute Gasteiger partial charge is 0.407 e. The van der Waals surface area contributed by atoms with Crippen molar-refractivity contribution in [2.45, 2.75) is 63.8 Å². The van der Waals surface area contributed by atoms with E-state index in [1.807, 2.05) is 0 Å². The predicted molar refractivity (Wildman–Crippen MR) is 163 cm³/mol. The van der Waals surface area contributed by atoms with Crippen LogP contribution in [0.5, 0.6) is 5.88 Å². The number of esters is 1. The number of fused-ring (bicyclic) bond motifs is 1. The second kappa shape index (κ2) is 14.6. The summed E-state index contributed by atoms with van der Waals surface area (Å²) in [6.45, 7) is 6.21. The van der Waals surface area contributed by atoms with Gasteiger partial charge in [-0.05, 0) is 75.9 Å². The minimum atomic E-state index is -0.692. The Morgan fingerprint density at radius 1 is 1.11 bits per heavy atom. The van der Waals surface area contributed by atoms with Crippen LogP contribution < -0.4 is 15.4 Å². The number of alkyl carbamates (subject to hydrolysis) is 1. The van der Waals surface area contributed by atoms with Crippen molar-refractivity contribution in [2.24, 2.45) is 0 Å². The molecule has 0 unspecified atom stereocenters. The van der Waals surface area contributed by atoms with Crippen molar-refractivity contribution < 1.29 is 37.3 Å². The number of aromatic nitrogens is 1. The van der Waals surface area contributed by atoms with Gasteiger partial charge in [-0.3, -0.25) is 0 Å². The molecule has 1 fully saturated rings. The monoisotopic (exact) mass is 611 g/mol. The van der Waals surface area contributed by atoms with Crippen LogP contribution in [0.4, 0.5) is 13.6 Å². The fraction of sp³-hybridized carbons (Fsp3) is 0.424. The summed E-state index contributed by atoms with van der Waals surface area (Å²) in [5.74, 6) is -1.09. The first-order valence-corrected chi connectivity index (χ1v) is 14.5. The second-order valence-electron chi connectivity index (χ2n) is 11.6. The zero-order valence-electron chi connectivity index (χ0n) is 25.6. The van der Waals surface area contributed by atoms with E-state index in [-0.39, 0.29) is 17.7 Å². The lowest BCUT2D eigenvalue weighted by Gasteiger charge is -2.35. The molecule has 11 heteroatoms. The molecule has 3 aromatic rings. The van der Waals surface area contributed by atoms with E-state index in [2.05, 4.69) is 15.6 Å². The van der Waals surface area contributed by atoms with E-state index in [1.54, 1.807) is 51.1 Å². The Bertz CT molecular complexity index is 1500. The van der Waals surface area contributed by atoms with Gasteiger partial charge in [0.15, 0.2) is 0 Å². The number of nitrogens with one attached hydrogen (secondary N) is 2. The summed E-state index contributed by atoms with van der Waals surface area (Å²) in [5.41, 5.74) is 1.20. The predicted octanol–water partition coefficient (Wildman–Crippen LogP) is 5.59. The number of hydrogen-bond donors (Lipinski definition) is 2. The Labute approximate surface area is 255 Å². The van der Waals surface area contributed by atoms with Gasteiger partial charge < -0.3 is 29.6 Å². The summed E-state index contributed by atoms with van der Waals surface area (Å²) in [5, 5.41) is 6.96. The highest BCUT2D eigenvalue weighted by molar-refractivity contribution is 6.04. The normalized spacial score (nSPS) is 17.8. The van der Waals surface area contributed by atoms with E-state index in [0.29, 0.717) is 48.3 Å². The molecule has 1 aromatic heterocycles. The molecule has 2 aromatic carbocycles. The van der Waals surface area contributed by atoms with Crippen LogP contribution in [0.1, 0.15) is 55.1 Å². The van der Waals surface area contributed by atoms with Crippen LogP contribution in [0.25, 0.3) is 17.0 Å². The Morgan fingerprint density at radius 2 is 1.91 bits per heavy atom. The fourth-order valence-electron chi connectivity index (χ4n) is 5.11. The van der Waals surface area contributed by atoms with Crippen LogP contribution in [-0.2, 0) is 20.6 Å². The molecule has 4 rings (SSSR count). The van der Waals surface area contributed by atoms with Crippen molar-refractivity contribution in [1.82, 2.24) is 15.6 Å². The highest BCUT2D eigenvalue weighted by Crippen LogP contribution is 2.28. The molecule has 2 heterocycles. The zero-order chi connectivity index (χ0) is 31.9. The molecule has 1 saturated heterocycles. The number of carbonyl (C=O) groups excluding carboxylic acids is 2. The number of pyridine rings is 1. The van der Waals surface area contributed by atoms with Gasteiger partial charge in [-0.1, -0.05) is 18.2 Å². The quantitative estimate of drug-likeness (QED) is 0.286. The molecule has 0 aliphatic carbocycles. The van der Waals surface area contributed by atoms with Gasteiger partial charge in [0, 0.05) is 29.6 Å². The van der Waals surface area contributed by atoms with Gasteiger partial charge in [-0.15, -0.1) is 0 Å². The number of nitrogens with zero attached hydrogens (tertiary/aromatic N) is 1. The van der Waals surface area contributed by atoms with E-state index in [4.69, 9.17) is 18.9 Å². The van der Waals surface area contributed by atoms with E-state index < -0.39 is 35.3 Å². The highest BCUT2D eigenvalue weighted by atomic mass is 19.1. The van der Waals surface area contributed by atoms with Gasteiger partial charge in [-0.25, -0.2) is 23.4 Å². The van der Waals surface area contributed by atoms with Gasteiger partial charge in [-0.2, -0.15) is 0 Å². The van der Waals surface area contributed by atoms with E-state index in [0.717, 1.165) is 30.2 Å². The van der Waals surface area contributed by atoms with Crippen LogP contribution in [0.3, 0.4) is 0 Å². The Kier molecular flexibility index (Phi) is 10.9. The molecule has 0 spiro atoms. The average Bonchev–Trinajstić information content (AvgIpc) is 2.99. The number of methoxy groups -OCH3 is 2. The van der Waals surface area contributed by atoms with Crippen molar-refractivity contribution in [3.05, 3.63) is 76.9 Å². The lowest BCUT2D eigenvalue weighted by Crippen LogP contribution is -2.51. The molecule has 2 N–H and O–H groups in total. The number of hydrogen-bond acceptors (Lipinski definition) is 8. The Balaban J connectivity index is 1.49. The van der Waals surface area contributed by atoms with Crippen LogP contribution in [-0.4, -0.2) is 68.2 Å². The second-order valence-corrected chi connectivity index (χ2v) is 11.6. The van der Waals surface area contributed by atoms with Crippen molar-refractivity contribution in [1.29, 1.82) is 0 Å². The zero-order valence-corrected chi connectivity index (χ0v) is 25.6. The number of rotatable bonds is 10. The van der Waals surface area contributed by atoms with E-state index in [1.165, 1.54) is 20.3 Å². The largest absolute Gasteiger partial charge is 0.481 e. The minimum absolute atomic E-state index is 0.0292. The standard InChI is InChI=1S/C33H39F2N3O6/c1-33(2,3)44-32(40)37-27(18-21-8-11-25(31(39)42-5)24-12-15-29(41-4)38-30(21)24)28-14-10-23(19-43-28)36-16-6-7-20-17-22(34)9-13-26(20)35/h6-9,11-13,15,17,23,27-28,36H,10,14,16,18-19H2,1-5H3,(H,37,40)/b7-6+/t23-,27-,28+/m0/s1. The van der Waals surface area contributed by atoms with Gasteiger partial charge in [0.05, 0.1) is 44.1 Å². The topological polar surface area (TPSA) is 108 Å². The summed E-state index contributed by atoms with van der Waals surface area (Å²) in [4.78, 5) is 30.0. The number of ether oxygens (including phenoxy) is 4. The molecule has 44 heavy (non-hydrogen) atoms. The van der Waals surface area contributed by atoms with Crippen molar-refractivity contribution in [2.75, 3.05) is 27.4 Å². The molecule has 3 atom stereocenters. The molecular weight excluding hydrogens is 572 g/mol. The molecule has 236 valence electrons.